The molecule has 1 aliphatic carbocycles. The molecule has 1 aromatic carbocycles. The second kappa shape index (κ2) is 5.72. The third-order valence-corrected chi connectivity index (χ3v) is 5.68. The molecule has 0 aromatic heterocycles. The van der Waals surface area contributed by atoms with Crippen LogP contribution in [0.1, 0.15) is 35.8 Å². The molecule has 4 nitrogen and oxygen atoms in total. The highest BCUT2D eigenvalue weighted by atomic mass is 32.2. The summed E-state index contributed by atoms with van der Waals surface area (Å²) in [5, 5.41) is 9.24. The van der Waals surface area contributed by atoms with Gasteiger partial charge in [0.2, 0.25) is 5.91 Å². The predicted octanol–water partition coefficient (Wildman–Crippen LogP) is 2.82. The SMILES string of the molecule is Cc1ccc(C2SCC(C(=O)O)N2C(=O)C2CCC2)cc1. The molecular formula is C16H19NO3S. The Hall–Kier alpha value is -1.49. The fraction of sp³-hybridized carbons (Fsp3) is 0.500. The fourth-order valence-corrected chi connectivity index (χ4v) is 4.25. The van der Waals surface area contributed by atoms with E-state index in [0.717, 1.165) is 30.4 Å². The fourth-order valence-electron chi connectivity index (χ4n) is 2.82. The number of thioether (sulfide) groups is 1. The number of nitrogens with zero attached hydrogens (tertiary/aromatic N) is 1. The first-order valence-electron chi connectivity index (χ1n) is 7.31. The van der Waals surface area contributed by atoms with Gasteiger partial charge in [-0.15, -0.1) is 11.8 Å². The average Bonchev–Trinajstić information content (AvgIpc) is 2.82. The molecule has 1 heterocycles. The molecule has 1 saturated heterocycles. The standard InChI is InChI=1S/C16H19NO3S/c1-10-5-7-12(8-6-10)15-17(13(9-21-15)16(19)20)14(18)11-3-2-4-11/h5-8,11,13,15H,2-4,9H2,1H3,(H,19,20). The zero-order valence-corrected chi connectivity index (χ0v) is 12.8. The van der Waals surface area contributed by atoms with Crippen LogP contribution >= 0.6 is 11.8 Å². The summed E-state index contributed by atoms with van der Waals surface area (Å²) in [6.07, 6.45) is 2.87. The van der Waals surface area contributed by atoms with Crippen LogP contribution in [0.4, 0.5) is 0 Å². The Balaban J connectivity index is 1.89. The van der Waals surface area contributed by atoms with Gasteiger partial charge >= 0.3 is 5.97 Å². The highest BCUT2D eigenvalue weighted by Crippen LogP contribution is 2.44. The van der Waals surface area contributed by atoms with E-state index in [2.05, 4.69) is 0 Å². The first-order valence-corrected chi connectivity index (χ1v) is 8.36. The number of carbonyl (C=O) groups excluding carboxylic acids is 1. The van der Waals surface area contributed by atoms with Crippen molar-refractivity contribution in [2.24, 2.45) is 5.92 Å². The van der Waals surface area contributed by atoms with E-state index in [1.807, 2.05) is 31.2 Å². The molecule has 0 radical (unpaired) electrons. The molecule has 1 N–H and O–H groups in total. The maximum Gasteiger partial charge on any atom is 0.327 e. The first kappa shape index (κ1) is 14.4. The first-order chi connectivity index (χ1) is 10.1. The largest absolute Gasteiger partial charge is 0.480 e. The molecule has 1 aromatic rings. The lowest BCUT2D eigenvalue weighted by molar-refractivity contribution is -0.152. The van der Waals surface area contributed by atoms with Gasteiger partial charge in [-0.2, -0.15) is 0 Å². The maximum absolute atomic E-state index is 12.6. The van der Waals surface area contributed by atoms with Gasteiger partial charge in [0.25, 0.3) is 0 Å². The zero-order chi connectivity index (χ0) is 15.0. The second-order valence-electron chi connectivity index (χ2n) is 5.82. The summed E-state index contributed by atoms with van der Waals surface area (Å²) in [5.41, 5.74) is 2.18. The van der Waals surface area contributed by atoms with E-state index in [1.54, 1.807) is 16.7 Å². The summed E-state index contributed by atoms with van der Waals surface area (Å²) >= 11 is 1.55. The van der Waals surface area contributed by atoms with Crippen LogP contribution in [0.25, 0.3) is 0 Å². The molecule has 2 unspecified atom stereocenters. The van der Waals surface area contributed by atoms with Crippen LogP contribution in [-0.2, 0) is 9.59 Å². The van der Waals surface area contributed by atoms with Crippen molar-refractivity contribution in [3.63, 3.8) is 0 Å². The lowest BCUT2D eigenvalue weighted by Crippen LogP contribution is -2.46. The number of aryl methyl sites for hydroxylation is 1. The molecule has 2 atom stereocenters. The van der Waals surface area contributed by atoms with Crippen molar-refractivity contribution in [2.75, 3.05) is 5.75 Å². The summed E-state index contributed by atoms with van der Waals surface area (Å²) < 4.78 is 0. The van der Waals surface area contributed by atoms with Crippen LogP contribution in [-0.4, -0.2) is 33.7 Å². The number of amides is 1. The number of benzene rings is 1. The van der Waals surface area contributed by atoms with E-state index in [9.17, 15) is 14.7 Å². The second-order valence-corrected chi connectivity index (χ2v) is 6.94. The lowest BCUT2D eigenvalue weighted by Gasteiger charge is -2.34. The Morgan fingerprint density at radius 3 is 2.43 bits per heavy atom. The van der Waals surface area contributed by atoms with Gasteiger partial charge in [-0.05, 0) is 25.3 Å². The molecule has 2 aliphatic rings. The highest BCUT2D eigenvalue weighted by molar-refractivity contribution is 7.99. The van der Waals surface area contributed by atoms with Crippen LogP contribution in [0.15, 0.2) is 24.3 Å². The van der Waals surface area contributed by atoms with E-state index in [-0.39, 0.29) is 17.2 Å². The number of hydrogen-bond acceptors (Lipinski definition) is 3. The zero-order valence-electron chi connectivity index (χ0n) is 12.0. The lowest BCUT2D eigenvalue weighted by atomic mass is 9.84. The summed E-state index contributed by atoms with van der Waals surface area (Å²) in [7, 11) is 0. The minimum Gasteiger partial charge on any atom is -0.480 e. The van der Waals surface area contributed by atoms with Gasteiger partial charge in [0.15, 0.2) is 0 Å². The smallest absolute Gasteiger partial charge is 0.327 e. The van der Waals surface area contributed by atoms with Crippen molar-refractivity contribution in [1.29, 1.82) is 0 Å². The van der Waals surface area contributed by atoms with Crippen LogP contribution in [0, 0.1) is 12.8 Å². The van der Waals surface area contributed by atoms with Crippen molar-refractivity contribution in [3.8, 4) is 0 Å². The van der Waals surface area contributed by atoms with Gasteiger partial charge in [-0.25, -0.2) is 4.79 Å². The van der Waals surface area contributed by atoms with Gasteiger partial charge in [0.1, 0.15) is 11.4 Å². The normalized spacial score (nSPS) is 25.7. The number of carboxylic acid groups (broad SMARTS) is 1. The molecule has 1 amide bonds. The third-order valence-electron chi connectivity index (χ3n) is 4.36. The number of hydrogen-bond donors (Lipinski definition) is 1. The van der Waals surface area contributed by atoms with Crippen LogP contribution in [0.3, 0.4) is 0 Å². The summed E-state index contributed by atoms with van der Waals surface area (Å²) in [4.78, 5) is 25.7. The minimum atomic E-state index is -0.898. The number of rotatable bonds is 3. The van der Waals surface area contributed by atoms with Crippen LogP contribution in [0.2, 0.25) is 0 Å². The third kappa shape index (κ3) is 2.67. The van der Waals surface area contributed by atoms with E-state index in [4.69, 9.17) is 0 Å². The molecule has 1 saturated carbocycles. The number of aliphatic carboxylic acids is 1. The molecule has 3 rings (SSSR count). The molecule has 0 spiro atoms. The molecule has 5 heteroatoms. The maximum atomic E-state index is 12.6. The van der Waals surface area contributed by atoms with E-state index in [0.29, 0.717) is 5.75 Å². The van der Waals surface area contributed by atoms with E-state index < -0.39 is 12.0 Å². The Morgan fingerprint density at radius 1 is 1.24 bits per heavy atom. The molecule has 21 heavy (non-hydrogen) atoms. The quantitative estimate of drug-likeness (QED) is 0.933. The average molecular weight is 305 g/mol. The Morgan fingerprint density at radius 2 is 1.90 bits per heavy atom. The molecular weight excluding hydrogens is 286 g/mol. The molecule has 2 fully saturated rings. The Labute approximate surface area is 128 Å². The van der Waals surface area contributed by atoms with Gasteiger partial charge in [0, 0.05) is 11.7 Å². The van der Waals surface area contributed by atoms with Gasteiger partial charge in [-0.3, -0.25) is 4.79 Å². The number of carboxylic acids is 1. The Bertz CT molecular complexity index is 553. The summed E-state index contributed by atoms with van der Waals surface area (Å²) in [6.45, 7) is 2.02. The van der Waals surface area contributed by atoms with E-state index >= 15 is 0 Å². The van der Waals surface area contributed by atoms with Gasteiger partial charge in [-0.1, -0.05) is 36.2 Å². The summed E-state index contributed by atoms with van der Waals surface area (Å²) in [6, 6.07) is 7.32. The van der Waals surface area contributed by atoms with Crippen LogP contribution in [0.5, 0.6) is 0 Å². The molecule has 0 bridgehead atoms. The minimum absolute atomic E-state index is 0.0178. The van der Waals surface area contributed by atoms with Gasteiger partial charge in [0.05, 0.1) is 0 Å². The summed E-state index contributed by atoms with van der Waals surface area (Å²) in [5.74, 6) is -0.390. The van der Waals surface area contributed by atoms with Crippen molar-refractivity contribution >= 4 is 23.6 Å². The van der Waals surface area contributed by atoms with Crippen molar-refractivity contribution in [3.05, 3.63) is 35.4 Å². The topological polar surface area (TPSA) is 57.6 Å². The Kier molecular flexibility index (Phi) is 3.93. The highest BCUT2D eigenvalue weighted by Gasteiger charge is 2.45. The van der Waals surface area contributed by atoms with Crippen molar-refractivity contribution < 1.29 is 14.7 Å². The number of carbonyl (C=O) groups is 2. The van der Waals surface area contributed by atoms with Crippen molar-refractivity contribution in [1.82, 2.24) is 4.90 Å². The van der Waals surface area contributed by atoms with Crippen LogP contribution < -0.4 is 0 Å². The monoisotopic (exact) mass is 305 g/mol. The van der Waals surface area contributed by atoms with Gasteiger partial charge < -0.3 is 10.0 Å². The molecule has 1 aliphatic heterocycles. The van der Waals surface area contributed by atoms with E-state index in [1.165, 1.54) is 0 Å². The van der Waals surface area contributed by atoms with Crippen molar-refractivity contribution in [2.45, 2.75) is 37.6 Å². The molecule has 112 valence electrons. The predicted molar refractivity (Wildman–Crippen MR) is 82.0 cm³/mol.